The van der Waals surface area contributed by atoms with Gasteiger partial charge >= 0.3 is 5.97 Å². The second kappa shape index (κ2) is 8.84. The number of hydrogen-bond acceptors (Lipinski definition) is 5. The zero-order valence-corrected chi connectivity index (χ0v) is 14.3. The molecule has 2 aromatic carbocycles. The van der Waals surface area contributed by atoms with Gasteiger partial charge in [0.15, 0.2) is 0 Å². The number of nitrogens with one attached hydrogen (secondary N) is 1. The molecule has 0 bridgehead atoms. The molecule has 6 nitrogen and oxygen atoms in total. The molecule has 6 heteroatoms. The molecular weight excluding hydrogens is 320 g/mol. The highest BCUT2D eigenvalue weighted by molar-refractivity contribution is 5.97. The lowest BCUT2D eigenvalue weighted by molar-refractivity contribution is -0.138. The predicted octanol–water partition coefficient (Wildman–Crippen LogP) is 2.08. The Kier molecular flexibility index (Phi) is 6.54. The van der Waals surface area contributed by atoms with Crippen LogP contribution in [0.1, 0.15) is 22.0 Å². The maximum absolute atomic E-state index is 12.6. The molecule has 0 aliphatic carbocycles. The fourth-order valence-electron chi connectivity index (χ4n) is 2.30. The van der Waals surface area contributed by atoms with Gasteiger partial charge in [-0.05, 0) is 12.1 Å². The Balaban J connectivity index is 2.27. The summed E-state index contributed by atoms with van der Waals surface area (Å²) < 4.78 is 5.53. The number of likely N-dealkylation sites (N-methyl/N-ethyl adjacent to an activating group) is 1. The smallest absolute Gasteiger partial charge is 0.341 e. The number of benzene rings is 2. The zero-order valence-electron chi connectivity index (χ0n) is 14.3. The van der Waals surface area contributed by atoms with Gasteiger partial charge < -0.3 is 20.1 Å². The number of nitrogens with zero attached hydrogens (tertiary/aromatic N) is 1. The van der Waals surface area contributed by atoms with E-state index in [1.165, 1.54) is 4.90 Å². The minimum atomic E-state index is -1.02. The van der Waals surface area contributed by atoms with Gasteiger partial charge in [-0.15, -0.1) is 0 Å². The fourth-order valence-corrected chi connectivity index (χ4v) is 2.30. The van der Waals surface area contributed by atoms with E-state index in [2.05, 4.69) is 5.32 Å². The minimum Gasteiger partial charge on any atom is -0.444 e. The van der Waals surface area contributed by atoms with Gasteiger partial charge in [-0.2, -0.15) is 0 Å². The third-order valence-corrected chi connectivity index (χ3v) is 3.57. The van der Waals surface area contributed by atoms with Crippen molar-refractivity contribution in [2.24, 2.45) is 0 Å². The van der Waals surface area contributed by atoms with Gasteiger partial charge in [0, 0.05) is 31.9 Å². The van der Waals surface area contributed by atoms with Crippen LogP contribution in [-0.2, 0) is 9.53 Å². The molecule has 2 rings (SSSR count). The second-order valence-corrected chi connectivity index (χ2v) is 5.62. The van der Waals surface area contributed by atoms with Crippen molar-refractivity contribution in [3.8, 4) is 0 Å². The Hall–Kier alpha value is -2.86. The molecular formula is C19H22N2O4. The quantitative estimate of drug-likeness (QED) is 0.753. The summed E-state index contributed by atoms with van der Waals surface area (Å²) in [5, 5.41) is 11.9. The zero-order chi connectivity index (χ0) is 18.2. The number of carbonyl (C=O) groups is 2. The fraction of sp³-hybridized carbons (Fsp3) is 0.263. The number of carbonyl (C=O) groups excluding carboxylic acids is 2. The van der Waals surface area contributed by atoms with Gasteiger partial charge in [0.25, 0.3) is 5.91 Å². The molecule has 0 radical (unpaired) electrons. The van der Waals surface area contributed by atoms with Crippen molar-refractivity contribution in [2.75, 3.05) is 32.6 Å². The van der Waals surface area contributed by atoms with Crippen LogP contribution in [0, 0.1) is 0 Å². The number of anilines is 1. The highest BCUT2D eigenvalue weighted by Gasteiger charge is 2.27. The van der Waals surface area contributed by atoms with Crippen LogP contribution in [0.2, 0.25) is 0 Å². The number of rotatable bonds is 7. The first kappa shape index (κ1) is 18.5. The largest absolute Gasteiger partial charge is 0.444 e. The summed E-state index contributed by atoms with van der Waals surface area (Å²) in [4.78, 5) is 26.5. The van der Waals surface area contributed by atoms with Crippen molar-refractivity contribution in [3.63, 3.8) is 0 Å². The van der Waals surface area contributed by atoms with Gasteiger partial charge in [-0.25, -0.2) is 4.79 Å². The van der Waals surface area contributed by atoms with Crippen LogP contribution >= 0.6 is 0 Å². The lowest BCUT2D eigenvalue weighted by Gasteiger charge is -2.22. The van der Waals surface area contributed by atoms with Crippen LogP contribution in [0.25, 0.3) is 0 Å². The summed E-state index contributed by atoms with van der Waals surface area (Å²) in [6.07, 6.45) is -1.02. The molecule has 0 aliphatic rings. The number of aliphatic hydroxyl groups excluding tert-OH is 1. The molecule has 0 spiro atoms. The van der Waals surface area contributed by atoms with E-state index in [9.17, 15) is 9.59 Å². The molecule has 1 atom stereocenters. The number of amides is 1. The van der Waals surface area contributed by atoms with Crippen molar-refractivity contribution in [1.82, 2.24) is 4.90 Å². The van der Waals surface area contributed by atoms with Crippen molar-refractivity contribution in [1.29, 1.82) is 0 Å². The van der Waals surface area contributed by atoms with Gasteiger partial charge in [-0.1, -0.05) is 42.5 Å². The standard InChI is InChI=1S/C19H22N2O4/c1-21(2)18(23)17(14-8-4-3-5-9-14)25-19(24)15-10-6-7-11-16(15)20-12-13-22/h3-11,17,20,22H,12-13H2,1-2H3. The Labute approximate surface area is 147 Å². The van der Waals surface area contributed by atoms with E-state index in [1.54, 1.807) is 62.6 Å². The Morgan fingerprint density at radius 3 is 2.36 bits per heavy atom. The molecule has 1 amide bonds. The van der Waals surface area contributed by atoms with Crippen LogP contribution in [0.15, 0.2) is 54.6 Å². The summed E-state index contributed by atoms with van der Waals surface area (Å²) in [6.45, 7) is 0.248. The molecule has 0 aliphatic heterocycles. The first-order valence-electron chi connectivity index (χ1n) is 7.95. The first-order chi connectivity index (χ1) is 12.0. The summed E-state index contributed by atoms with van der Waals surface area (Å²) in [5.74, 6) is -0.926. The minimum absolute atomic E-state index is 0.0604. The molecule has 0 fully saturated rings. The Bertz CT molecular complexity index is 716. The number of para-hydroxylation sites is 1. The van der Waals surface area contributed by atoms with Gasteiger partial charge in [0.1, 0.15) is 0 Å². The first-order valence-corrected chi connectivity index (χ1v) is 7.95. The molecule has 1 unspecified atom stereocenters. The molecule has 0 saturated heterocycles. The molecule has 2 N–H and O–H groups in total. The number of hydrogen-bond donors (Lipinski definition) is 2. The van der Waals surface area contributed by atoms with Crippen molar-refractivity contribution in [3.05, 3.63) is 65.7 Å². The average Bonchev–Trinajstić information content (AvgIpc) is 2.64. The molecule has 25 heavy (non-hydrogen) atoms. The summed E-state index contributed by atoms with van der Waals surface area (Å²) in [7, 11) is 3.23. The van der Waals surface area contributed by atoms with Crippen molar-refractivity contribution >= 4 is 17.6 Å². The topological polar surface area (TPSA) is 78.9 Å². The predicted molar refractivity (Wildman–Crippen MR) is 95.3 cm³/mol. The lowest BCUT2D eigenvalue weighted by atomic mass is 10.1. The van der Waals surface area contributed by atoms with Crippen molar-refractivity contribution in [2.45, 2.75) is 6.10 Å². The SMILES string of the molecule is CN(C)C(=O)C(OC(=O)c1ccccc1NCCO)c1ccccc1. The van der Waals surface area contributed by atoms with E-state index in [0.29, 0.717) is 23.4 Å². The number of ether oxygens (including phenoxy) is 1. The second-order valence-electron chi connectivity index (χ2n) is 5.62. The third kappa shape index (κ3) is 4.81. The number of esters is 1. The van der Waals surface area contributed by atoms with Gasteiger partial charge in [0.2, 0.25) is 6.10 Å². The third-order valence-electron chi connectivity index (χ3n) is 3.57. The monoisotopic (exact) mass is 342 g/mol. The van der Waals surface area contributed by atoms with Gasteiger partial charge in [-0.3, -0.25) is 4.79 Å². The van der Waals surface area contributed by atoms with E-state index < -0.39 is 12.1 Å². The van der Waals surface area contributed by atoms with Crippen LogP contribution in [-0.4, -0.2) is 49.1 Å². The maximum Gasteiger partial charge on any atom is 0.341 e. The molecule has 0 saturated carbocycles. The van der Waals surface area contributed by atoms with E-state index >= 15 is 0 Å². The molecule has 2 aromatic rings. The van der Waals surface area contributed by atoms with Gasteiger partial charge in [0.05, 0.1) is 12.2 Å². The Morgan fingerprint density at radius 2 is 1.72 bits per heavy atom. The average molecular weight is 342 g/mol. The van der Waals surface area contributed by atoms with Crippen molar-refractivity contribution < 1.29 is 19.4 Å². The van der Waals surface area contributed by atoms with Crippen LogP contribution in [0.5, 0.6) is 0 Å². The van der Waals surface area contributed by atoms with E-state index in [4.69, 9.17) is 9.84 Å². The highest BCUT2D eigenvalue weighted by Crippen LogP contribution is 2.23. The van der Waals surface area contributed by atoms with E-state index in [1.807, 2.05) is 6.07 Å². The molecule has 0 aromatic heterocycles. The molecule has 132 valence electrons. The summed E-state index contributed by atoms with van der Waals surface area (Å²) >= 11 is 0. The van der Waals surface area contributed by atoms with Crippen LogP contribution in [0.4, 0.5) is 5.69 Å². The van der Waals surface area contributed by atoms with E-state index in [-0.39, 0.29) is 12.5 Å². The maximum atomic E-state index is 12.6. The van der Waals surface area contributed by atoms with Crippen LogP contribution in [0.3, 0.4) is 0 Å². The summed E-state index contributed by atoms with van der Waals surface area (Å²) in [6, 6.07) is 15.7. The highest BCUT2D eigenvalue weighted by atomic mass is 16.5. The van der Waals surface area contributed by atoms with E-state index in [0.717, 1.165) is 0 Å². The van der Waals surface area contributed by atoms with Crippen LogP contribution < -0.4 is 5.32 Å². The molecule has 0 heterocycles. The summed E-state index contributed by atoms with van der Waals surface area (Å²) in [5.41, 5.74) is 1.46. The number of aliphatic hydroxyl groups is 1. The lowest BCUT2D eigenvalue weighted by Crippen LogP contribution is -2.31. The normalized spacial score (nSPS) is 11.5. The Morgan fingerprint density at radius 1 is 1.08 bits per heavy atom.